The molecule has 1 aromatic carbocycles. The number of hydrazine groups is 1. The number of piperidine rings is 1. The number of carbonyl (C=O) groups is 5. The highest BCUT2D eigenvalue weighted by Gasteiger charge is 2.45. The normalized spacial score (nSPS) is 17.9. The summed E-state index contributed by atoms with van der Waals surface area (Å²) in [6.07, 6.45) is 0.235. The number of carbonyl (C=O) groups excluding carboxylic acids is 5. The lowest BCUT2D eigenvalue weighted by Crippen LogP contribution is -2.63. The van der Waals surface area contributed by atoms with E-state index in [0.29, 0.717) is 15.6 Å². The van der Waals surface area contributed by atoms with Gasteiger partial charge in [0.1, 0.15) is 12.1 Å². The fraction of sp³-hybridized carbons (Fsp3) is 0.423. The van der Waals surface area contributed by atoms with Crippen LogP contribution in [-0.4, -0.2) is 58.8 Å². The van der Waals surface area contributed by atoms with Gasteiger partial charge in [0.05, 0.1) is 29.2 Å². The number of methoxy groups -OCH3 is 1. The summed E-state index contributed by atoms with van der Waals surface area (Å²) in [5.74, 6) is -2.20. The second kappa shape index (κ2) is 11.7. The first-order valence-corrected chi connectivity index (χ1v) is 13.6. The second-order valence-corrected chi connectivity index (χ2v) is 11.3. The van der Waals surface area contributed by atoms with Crippen molar-refractivity contribution in [3.63, 3.8) is 0 Å². The Kier molecular flexibility index (Phi) is 8.57. The third-order valence-corrected chi connectivity index (χ3v) is 8.08. The fourth-order valence-corrected chi connectivity index (χ4v) is 5.85. The molecule has 39 heavy (non-hydrogen) atoms. The summed E-state index contributed by atoms with van der Waals surface area (Å²) in [7, 11) is 1.24. The van der Waals surface area contributed by atoms with Crippen LogP contribution in [0.2, 0.25) is 5.02 Å². The molecule has 13 heteroatoms. The van der Waals surface area contributed by atoms with Crippen molar-refractivity contribution in [3.05, 3.63) is 50.2 Å². The number of fused-ring (bicyclic) bond motifs is 1. The van der Waals surface area contributed by atoms with Crippen LogP contribution >= 0.6 is 22.9 Å². The molecular weight excluding hydrogens is 546 g/mol. The smallest absolute Gasteiger partial charge is 0.324 e. The molecule has 0 saturated carbocycles. The first kappa shape index (κ1) is 28.5. The van der Waals surface area contributed by atoms with Gasteiger partial charge in [-0.15, -0.1) is 11.3 Å². The van der Waals surface area contributed by atoms with Gasteiger partial charge in [0.25, 0.3) is 11.8 Å². The average Bonchev–Trinajstić information content (AvgIpc) is 3.42. The molecule has 2 aliphatic heterocycles. The van der Waals surface area contributed by atoms with Crippen molar-refractivity contribution in [3.8, 4) is 0 Å². The molecule has 1 fully saturated rings. The van der Waals surface area contributed by atoms with Gasteiger partial charge in [0.15, 0.2) is 0 Å². The van der Waals surface area contributed by atoms with Crippen LogP contribution in [0.15, 0.2) is 24.3 Å². The maximum Gasteiger partial charge on any atom is 0.324 e. The summed E-state index contributed by atoms with van der Waals surface area (Å²) in [4.78, 5) is 66.3. The summed E-state index contributed by atoms with van der Waals surface area (Å²) in [5.41, 5.74) is 4.94. The van der Waals surface area contributed by atoms with Gasteiger partial charge in [-0.1, -0.05) is 31.5 Å². The molecule has 3 N–H and O–H groups in total. The number of benzene rings is 1. The van der Waals surface area contributed by atoms with Crippen LogP contribution in [0.25, 0.3) is 0 Å². The fourth-order valence-electron chi connectivity index (χ4n) is 4.50. The summed E-state index contributed by atoms with van der Waals surface area (Å²) in [6, 6.07) is 4.97. The molecule has 2 atom stereocenters. The lowest BCUT2D eigenvalue weighted by atomic mass is 10.0. The number of nitrogens with one attached hydrogen (secondary N) is 3. The van der Waals surface area contributed by atoms with E-state index in [1.807, 2.05) is 19.1 Å². The van der Waals surface area contributed by atoms with Crippen molar-refractivity contribution in [2.45, 2.75) is 58.8 Å². The van der Waals surface area contributed by atoms with E-state index in [9.17, 15) is 24.0 Å². The van der Waals surface area contributed by atoms with Gasteiger partial charge in [-0.05, 0) is 48.6 Å². The van der Waals surface area contributed by atoms with E-state index in [1.165, 1.54) is 23.3 Å². The zero-order valence-corrected chi connectivity index (χ0v) is 23.6. The monoisotopic (exact) mass is 575 g/mol. The Labute approximate surface area is 234 Å². The van der Waals surface area contributed by atoms with E-state index in [0.717, 1.165) is 21.0 Å². The first-order valence-electron chi connectivity index (χ1n) is 12.4. The second-order valence-electron chi connectivity index (χ2n) is 9.79. The first-order chi connectivity index (χ1) is 18.5. The van der Waals surface area contributed by atoms with Crippen LogP contribution < -0.4 is 16.1 Å². The minimum atomic E-state index is -0.896. The quantitative estimate of drug-likeness (QED) is 0.325. The number of anilines is 1. The number of amides is 5. The van der Waals surface area contributed by atoms with Gasteiger partial charge in [-0.3, -0.25) is 19.2 Å². The van der Waals surface area contributed by atoms with Crippen LogP contribution in [0.4, 0.5) is 10.5 Å². The molecule has 4 rings (SSSR count). The Morgan fingerprint density at radius 3 is 2.59 bits per heavy atom. The van der Waals surface area contributed by atoms with Gasteiger partial charge in [0, 0.05) is 17.8 Å². The van der Waals surface area contributed by atoms with Crippen molar-refractivity contribution in [1.29, 1.82) is 0 Å². The van der Waals surface area contributed by atoms with Crippen molar-refractivity contribution in [2.24, 2.45) is 5.92 Å². The van der Waals surface area contributed by atoms with Crippen LogP contribution in [-0.2, 0) is 32.2 Å². The number of imide groups is 1. The zero-order valence-electron chi connectivity index (χ0n) is 22.0. The highest BCUT2D eigenvalue weighted by atomic mass is 35.5. The number of ether oxygens (including phenoxy) is 1. The molecule has 1 unspecified atom stereocenters. The van der Waals surface area contributed by atoms with E-state index in [1.54, 1.807) is 26.0 Å². The number of hydrogen-bond donors (Lipinski definition) is 3. The summed E-state index contributed by atoms with van der Waals surface area (Å²) < 4.78 is 4.80. The molecule has 5 amide bonds. The van der Waals surface area contributed by atoms with Crippen molar-refractivity contribution >= 4 is 58.3 Å². The Morgan fingerprint density at radius 2 is 1.95 bits per heavy atom. The van der Waals surface area contributed by atoms with Crippen LogP contribution in [0.1, 0.15) is 52.4 Å². The predicted octanol–water partition coefficient (Wildman–Crippen LogP) is 3.21. The number of aryl methyl sites for hydroxylation is 1. The molecule has 0 bridgehead atoms. The minimum absolute atomic E-state index is 0.0438. The van der Waals surface area contributed by atoms with Gasteiger partial charge in [-0.25, -0.2) is 15.2 Å². The topological polar surface area (TPSA) is 137 Å². The molecule has 0 spiro atoms. The SMILES string of the molecule is COC(=O)[C@H](NN1C(=O)CCC(N2Cc3cc(CNC(=O)Nc4ccc(C)cc4Cl)sc3C2=O)C1=O)C(C)C. The molecule has 208 valence electrons. The van der Waals surface area contributed by atoms with E-state index in [4.69, 9.17) is 16.3 Å². The van der Waals surface area contributed by atoms with E-state index in [-0.39, 0.29) is 37.8 Å². The number of esters is 1. The molecule has 1 saturated heterocycles. The molecule has 2 aromatic rings. The number of halogens is 1. The predicted molar refractivity (Wildman–Crippen MR) is 145 cm³/mol. The number of rotatable bonds is 8. The molecule has 0 radical (unpaired) electrons. The largest absolute Gasteiger partial charge is 0.468 e. The maximum absolute atomic E-state index is 13.3. The van der Waals surface area contributed by atoms with Crippen molar-refractivity contribution in [1.82, 2.24) is 20.7 Å². The van der Waals surface area contributed by atoms with Crippen LogP contribution in [0.5, 0.6) is 0 Å². The summed E-state index contributed by atoms with van der Waals surface area (Å²) in [5, 5.41) is 6.75. The summed E-state index contributed by atoms with van der Waals surface area (Å²) >= 11 is 7.42. The lowest BCUT2D eigenvalue weighted by Gasteiger charge is -2.37. The van der Waals surface area contributed by atoms with E-state index < -0.39 is 35.9 Å². The highest BCUT2D eigenvalue weighted by molar-refractivity contribution is 7.14. The van der Waals surface area contributed by atoms with Gasteiger partial charge >= 0.3 is 12.0 Å². The number of nitrogens with zero attached hydrogens (tertiary/aromatic N) is 2. The molecule has 0 aliphatic carbocycles. The number of hydrogen-bond acceptors (Lipinski definition) is 8. The van der Waals surface area contributed by atoms with E-state index in [2.05, 4.69) is 16.1 Å². The Morgan fingerprint density at radius 1 is 1.21 bits per heavy atom. The molecule has 2 aliphatic rings. The molecule has 3 heterocycles. The molecular formula is C26H30ClN5O6S. The molecule has 1 aromatic heterocycles. The van der Waals surface area contributed by atoms with Crippen molar-refractivity contribution in [2.75, 3.05) is 12.4 Å². The lowest BCUT2D eigenvalue weighted by molar-refractivity contribution is -0.160. The van der Waals surface area contributed by atoms with Crippen LogP contribution in [0, 0.1) is 12.8 Å². The standard InChI is InChI=1S/C26H30ClN5O6S/c1-13(2)21(25(36)38-4)30-32-20(33)8-7-19(23(32)34)31-12-15-10-16(39-22(15)24(31)35)11-28-26(37)29-18-6-5-14(3)9-17(18)27/h5-6,9-10,13,19,21,30H,7-8,11-12H2,1-4H3,(H2,28,29,37)/t19?,21-/m1/s1. The van der Waals surface area contributed by atoms with E-state index >= 15 is 0 Å². The third kappa shape index (κ3) is 6.07. The Bertz CT molecular complexity index is 1330. The average molecular weight is 576 g/mol. The maximum atomic E-state index is 13.3. The zero-order chi connectivity index (χ0) is 28.4. The number of thiophene rings is 1. The number of urea groups is 1. The minimum Gasteiger partial charge on any atom is -0.468 e. The van der Waals surface area contributed by atoms with Gasteiger partial charge in [0.2, 0.25) is 5.91 Å². The highest BCUT2D eigenvalue weighted by Crippen LogP contribution is 2.34. The van der Waals surface area contributed by atoms with Crippen LogP contribution in [0.3, 0.4) is 0 Å². The Balaban J connectivity index is 1.38. The Hall–Kier alpha value is -3.48. The third-order valence-electron chi connectivity index (χ3n) is 6.60. The molecule has 11 nitrogen and oxygen atoms in total. The van der Waals surface area contributed by atoms with Gasteiger partial charge < -0.3 is 20.3 Å². The summed E-state index contributed by atoms with van der Waals surface area (Å²) in [6.45, 7) is 5.84. The van der Waals surface area contributed by atoms with Crippen molar-refractivity contribution < 1.29 is 28.7 Å². The van der Waals surface area contributed by atoms with Gasteiger partial charge in [-0.2, -0.15) is 0 Å².